The summed E-state index contributed by atoms with van der Waals surface area (Å²) in [7, 11) is 1.79. The Balaban J connectivity index is 2.14. The first-order chi connectivity index (χ1) is 8.67. The van der Waals surface area contributed by atoms with Gasteiger partial charge in [-0.05, 0) is 36.1 Å². The third-order valence-electron chi connectivity index (χ3n) is 5.01. The summed E-state index contributed by atoms with van der Waals surface area (Å²) >= 11 is 0. The topological polar surface area (TPSA) is 57.1 Å². The van der Waals surface area contributed by atoms with Crippen molar-refractivity contribution in [3.05, 3.63) is 29.3 Å². The standard InChI is InChI=1S/C15H21NO2/c1-18-13-8-10-4-5-11(17)9-12(10)15(14(13)16)6-2-3-7-15/h4-5,9,13-14,17H,2-3,6-8,16H2,1H3/p+1. The molecule has 1 aromatic rings. The minimum absolute atomic E-state index is 0.132. The van der Waals surface area contributed by atoms with E-state index < -0.39 is 0 Å². The molecule has 3 heteroatoms. The monoisotopic (exact) mass is 248 g/mol. The molecule has 0 radical (unpaired) electrons. The summed E-state index contributed by atoms with van der Waals surface area (Å²) in [6.45, 7) is 0. The number of hydrogen-bond acceptors (Lipinski definition) is 2. The number of phenols is 1. The second-order valence-corrected chi connectivity index (χ2v) is 5.79. The van der Waals surface area contributed by atoms with Crippen LogP contribution >= 0.6 is 0 Å². The van der Waals surface area contributed by atoms with Gasteiger partial charge >= 0.3 is 0 Å². The van der Waals surface area contributed by atoms with E-state index in [0.717, 1.165) is 6.42 Å². The third-order valence-corrected chi connectivity index (χ3v) is 5.01. The lowest BCUT2D eigenvalue weighted by atomic mass is 9.64. The summed E-state index contributed by atoms with van der Waals surface area (Å²) in [6.07, 6.45) is 6.01. The summed E-state index contributed by atoms with van der Waals surface area (Å²) < 4.78 is 5.65. The van der Waals surface area contributed by atoms with Gasteiger partial charge in [-0.1, -0.05) is 18.9 Å². The molecule has 4 N–H and O–H groups in total. The van der Waals surface area contributed by atoms with E-state index in [4.69, 9.17) is 4.74 Å². The van der Waals surface area contributed by atoms with Crippen molar-refractivity contribution in [1.29, 1.82) is 0 Å². The van der Waals surface area contributed by atoms with Crippen molar-refractivity contribution < 1.29 is 15.6 Å². The molecule has 18 heavy (non-hydrogen) atoms. The van der Waals surface area contributed by atoms with Gasteiger partial charge < -0.3 is 15.6 Å². The van der Waals surface area contributed by atoms with Gasteiger partial charge in [0.25, 0.3) is 0 Å². The van der Waals surface area contributed by atoms with E-state index in [2.05, 4.69) is 11.8 Å². The largest absolute Gasteiger partial charge is 0.508 e. The van der Waals surface area contributed by atoms with Crippen molar-refractivity contribution in [3.8, 4) is 5.75 Å². The quantitative estimate of drug-likeness (QED) is 0.789. The lowest BCUT2D eigenvalue weighted by molar-refractivity contribution is -0.458. The van der Waals surface area contributed by atoms with Crippen LogP contribution in [0.25, 0.3) is 0 Å². The van der Waals surface area contributed by atoms with Crippen LogP contribution in [0, 0.1) is 0 Å². The number of quaternary nitrogens is 1. The van der Waals surface area contributed by atoms with Crippen molar-refractivity contribution in [2.45, 2.75) is 49.7 Å². The molecule has 3 rings (SSSR count). The fourth-order valence-corrected chi connectivity index (χ4v) is 4.01. The molecule has 0 heterocycles. The summed E-state index contributed by atoms with van der Waals surface area (Å²) in [6, 6.07) is 6.10. The molecule has 1 saturated carbocycles. The number of benzene rings is 1. The highest BCUT2D eigenvalue weighted by atomic mass is 16.5. The smallest absolute Gasteiger partial charge is 0.121 e. The van der Waals surface area contributed by atoms with Gasteiger partial charge in [0.05, 0.1) is 5.41 Å². The normalized spacial score (nSPS) is 29.4. The molecular formula is C15H22NO2+. The minimum atomic E-state index is 0.132. The molecule has 0 saturated heterocycles. The first kappa shape index (κ1) is 12.0. The van der Waals surface area contributed by atoms with Crippen LogP contribution in [-0.4, -0.2) is 24.4 Å². The highest BCUT2D eigenvalue weighted by Crippen LogP contribution is 2.48. The molecule has 1 aromatic carbocycles. The van der Waals surface area contributed by atoms with E-state index >= 15 is 0 Å². The predicted octanol–water partition coefficient (Wildman–Crippen LogP) is 1.39. The predicted molar refractivity (Wildman–Crippen MR) is 69.4 cm³/mol. The lowest BCUT2D eigenvalue weighted by Gasteiger charge is -2.42. The van der Waals surface area contributed by atoms with E-state index in [0.29, 0.717) is 11.8 Å². The van der Waals surface area contributed by atoms with Crippen LogP contribution in [0.15, 0.2) is 18.2 Å². The zero-order chi connectivity index (χ0) is 12.8. The van der Waals surface area contributed by atoms with Crippen molar-refractivity contribution in [3.63, 3.8) is 0 Å². The highest BCUT2D eigenvalue weighted by molar-refractivity contribution is 5.44. The Morgan fingerprint density at radius 2 is 2.06 bits per heavy atom. The SMILES string of the molecule is COC1Cc2ccc(O)cc2C2(CCCC2)C1[NH3+]. The molecule has 98 valence electrons. The number of methoxy groups -OCH3 is 1. The van der Waals surface area contributed by atoms with Gasteiger partial charge in [0, 0.05) is 13.5 Å². The number of hydrogen-bond donors (Lipinski definition) is 2. The maximum atomic E-state index is 9.79. The fraction of sp³-hybridized carbons (Fsp3) is 0.600. The molecule has 1 spiro atoms. The van der Waals surface area contributed by atoms with E-state index in [1.807, 2.05) is 6.07 Å². The second kappa shape index (κ2) is 4.25. The summed E-state index contributed by atoms with van der Waals surface area (Å²) in [5.74, 6) is 0.378. The van der Waals surface area contributed by atoms with Crippen molar-refractivity contribution in [2.24, 2.45) is 0 Å². The Kier molecular flexibility index (Phi) is 2.83. The summed E-state index contributed by atoms with van der Waals surface area (Å²) in [5.41, 5.74) is 7.20. The fourth-order valence-electron chi connectivity index (χ4n) is 4.01. The molecule has 2 unspecified atom stereocenters. The van der Waals surface area contributed by atoms with Crippen LogP contribution in [-0.2, 0) is 16.6 Å². The van der Waals surface area contributed by atoms with E-state index in [1.165, 1.54) is 36.8 Å². The van der Waals surface area contributed by atoms with Gasteiger partial charge in [-0.3, -0.25) is 0 Å². The molecular weight excluding hydrogens is 226 g/mol. The van der Waals surface area contributed by atoms with Crippen LogP contribution in [0.4, 0.5) is 0 Å². The maximum absolute atomic E-state index is 9.79. The first-order valence-electron chi connectivity index (χ1n) is 6.85. The maximum Gasteiger partial charge on any atom is 0.121 e. The van der Waals surface area contributed by atoms with E-state index in [9.17, 15) is 5.11 Å². The Labute approximate surface area is 108 Å². The van der Waals surface area contributed by atoms with Gasteiger partial charge in [0.2, 0.25) is 0 Å². The Morgan fingerprint density at radius 1 is 1.33 bits per heavy atom. The second-order valence-electron chi connectivity index (χ2n) is 5.79. The molecule has 0 aromatic heterocycles. The average Bonchev–Trinajstić information content (AvgIpc) is 2.85. The van der Waals surface area contributed by atoms with Gasteiger partial charge in [0.15, 0.2) is 0 Å². The number of aromatic hydroxyl groups is 1. The minimum Gasteiger partial charge on any atom is -0.508 e. The van der Waals surface area contributed by atoms with Crippen molar-refractivity contribution >= 4 is 0 Å². The number of ether oxygens (including phenoxy) is 1. The van der Waals surface area contributed by atoms with Gasteiger partial charge in [0.1, 0.15) is 17.9 Å². The van der Waals surface area contributed by atoms with Crippen LogP contribution in [0.3, 0.4) is 0 Å². The van der Waals surface area contributed by atoms with Crippen LogP contribution in [0.2, 0.25) is 0 Å². The van der Waals surface area contributed by atoms with Crippen LogP contribution < -0.4 is 5.73 Å². The number of fused-ring (bicyclic) bond motifs is 2. The molecule has 0 bridgehead atoms. The molecule has 3 nitrogen and oxygen atoms in total. The third kappa shape index (κ3) is 1.57. The summed E-state index contributed by atoms with van der Waals surface area (Å²) in [4.78, 5) is 0. The average molecular weight is 248 g/mol. The highest BCUT2D eigenvalue weighted by Gasteiger charge is 2.51. The van der Waals surface area contributed by atoms with Crippen LogP contribution in [0.5, 0.6) is 5.75 Å². The lowest BCUT2D eigenvalue weighted by Crippen LogP contribution is -2.76. The van der Waals surface area contributed by atoms with E-state index in [1.54, 1.807) is 13.2 Å². The summed E-state index contributed by atoms with van der Waals surface area (Å²) in [5, 5.41) is 9.79. The molecule has 0 aliphatic heterocycles. The van der Waals surface area contributed by atoms with E-state index in [-0.39, 0.29) is 11.5 Å². The number of phenolic OH excluding ortho intramolecular Hbond substituents is 1. The van der Waals surface area contributed by atoms with Gasteiger partial charge in [-0.25, -0.2) is 0 Å². The first-order valence-corrected chi connectivity index (χ1v) is 6.85. The Bertz CT molecular complexity index is 452. The van der Waals surface area contributed by atoms with Gasteiger partial charge in [-0.2, -0.15) is 0 Å². The molecule has 1 fully saturated rings. The molecule has 2 aliphatic rings. The molecule has 0 amide bonds. The van der Waals surface area contributed by atoms with Gasteiger partial charge in [-0.15, -0.1) is 0 Å². The molecule has 2 aliphatic carbocycles. The zero-order valence-corrected chi connectivity index (χ0v) is 11.0. The molecule has 2 atom stereocenters. The van der Waals surface area contributed by atoms with Crippen LogP contribution in [0.1, 0.15) is 36.8 Å². The van der Waals surface area contributed by atoms with Crippen molar-refractivity contribution in [2.75, 3.05) is 7.11 Å². The van der Waals surface area contributed by atoms with Crippen molar-refractivity contribution in [1.82, 2.24) is 0 Å². The Morgan fingerprint density at radius 3 is 2.72 bits per heavy atom. The number of rotatable bonds is 1. The zero-order valence-electron chi connectivity index (χ0n) is 11.0. The Hall–Kier alpha value is -1.06.